The van der Waals surface area contributed by atoms with Crippen molar-refractivity contribution in [2.45, 2.75) is 70.9 Å². The minimum Gasteiger partial charge on any atom is -0.481 e. The number of rotatable bonds is 10. The smallest absolute Gasteiger partial charge is 0.316 e. The van der Waals surface area contributed by atoms with Crippen LogP contribution in [0.25, 0.3) is 0 Å². The van der Waals surface area contributed by atoms with Crippen LogP contribution in [0.1, 0.15) is 64.9 Å². The second-order valence-electron chi connectivity index (χ2n) is 8.80. The number of benzene rings is 1. The van der Waals surface area contributed by atoms with E-state index in [0.717, 1.165) is 42.7 Å². The van der Waals surface area contributed by atoms with Gasteiger partial charge in [0.15, 0.2) is 0 Å². The van der Waals surface area contributed by atoms with Crippen LogP contribution in [0.3, 0.4) is 0 Å². The number of aliphatic carboxylic acids is 1. The minimum atomic E-state index is -0.843. The molecule has 8 nitrogen and oxygen atoms in total. The maximum Gasteiger partial charge on any atom is 0.316 e. The van der Waals surface area contributed by atoms with Crippen LogP contribution in [0.2, 0.25) is 0 Å². The van der Waals surface area contributed by atoms with Gasteiger partial charge in [-0.25, -0.2) is 9.97 Å². The summed E-state index contributed by atoms with van der Waals surface area (Å²) in [4.78, 5) is 22.1. The van der Waals surface area contributed by atoms with Crippen molar-refractivity contribution in [2.75, 3.05) is 23.4 Å². The van der Waals surface area contributed by atoms with Gasteiger partial charge in [0.1, 0.15) is 0 Å². The van der Waals surface area contributed by atoms with E-state index in [1.807, 2.05) is 45.9 Å². The number of aromatic nitrogens is 2. The summed E-state index contributed by atoms with van der Waals surface area (Å²) < 4.78 is 5.33. The molecular weight excluding hydrogens is 408 g/mol. The zero-order valence-corrected chi connectivity index (χ0v) is 19.3. The Morgan fingerprint density at radius 2 is 2.03 bits per heavy atom. The zero-order chi connectivity index (χ0) is 23.3. The molecule has 0 radical (unpaired) electrons. The fraction of sp³-hybridized carbons (Fsp3) is 0.542. The lowest BCUT2D eigenvalue weighted by atomic mass is 9.92. The summed E-state index contributed by atoms with van der Waals surface area (Å²) in [6, 6.07) is 6.36. The van der Waals surface area contributed by atoms with E-state index in [9.17, 15) is 15.0 Å². The van der Waals surface area contributed by atoms with E-state index >= 15 is 0 Å². The molecular formula is C24H34N4O4. The molecule has 0 spiro atoms. The fourth-order valence-corrected chi connectivity index (χ4v) is 4.40. The average molecular weight is 443 g/mol. The largest absolute Gasteiger partial charge is 0.481 e. The van der Waals surface area contributed by atoms with Gasteiger partial charge in [0.25, 0.3) is 0 Å². The summed E-state index contributed by atoms with van der Waals surface area (Å²) >= 11 is 0. The average Bonchev–Trinajstić information content (AvgIpc) is 3.24. The van der Waals surface area contributed by atoms with Crippen molar-refractivity contribution >= 4 is 23.0 Å². The lowest BCUT2D eigenvalue weighted by Gasteiger charge is -2.36. The molecule has 1 aliphatic rings. The first-order valence-corrected chi connectivity index (χ1v) is 11.3. The maximum atomic E-state index is 11.4. The summed E-state index contributed by atoms with van der Waals surface area (Å²) in [5, 5.41) is 23.5. The molecule has 32 heavy (non-hydrogen) atoms. The van der Waals surface area contributed by atoms with Crippen LogP contribution in [0.4, 0.5) is 17.1 Å². The Kier molecular flexibility index (Phi) is 7.56. The van der Waals surface area contributed by atoms with E-state index in [4.69, 9.17) is 4.74 Å². The quantitative estimate of drug-likeness (QED) is 0.499. The van der Waals surface area contributed by atoms with Crippen LogP contribution in [-0.4, -0.2) is 50.9 Å². The summed E-state index contributed by atoms with van der Waals surface area (Å²) in [7, 11) is 0. The van der Waals surface area contributed by atoms with E-state index < -0.39 is 11.6 Å². The van der Waals surface area contributed by atoms with Gasteiger partial charge in [-0.3, -0.25) is 4.79 Å². The van der Waals surface area contributed by atoms with Crippen LogP contribution in [0.5, 0.6) is 6.01 Å². The highest BCUT2D eigenvalue weighted by atomic mass is 16.5. The third kappa shape index (κ3) is 5.68. The van der Waals surface area contributed by atoms with Gasteiger partial charge in [-0.15, -0.1) is 0 Å². The van der Waals surface area contributed by atoms with Gasteiger partial charge in [-0.05, 0) is 63.6 Å². The highest BCUT2D eigenvalue weighted by Crippen LogP contribution is 2.39. The molecule has 1 fully saturated rings. The van der Waals surface area contributed by atoms with Gasteiger partial charge >= 0.3 is 12.0 Å². The summed E-state index contributed by atoms with van der Waals surface area (Å²) in [6.07, 6.45) is 6.05. The molecule has 2 heterocycles. The number of anilines is 3. The molecule has 1 aromatic heterocycles. The van der Waals surface area contributed by atoms with Crippen LogP contribution in [0.15, 0.2) is 30.6 Å². The number of hydrogen-bond acceptors (Lipinski definition) is 7. The molecule has 174 valence electrons. The number of carbonyl (C=O) groups is 1. The zero-order valence-electron chi connectivity index (χ0n) is 19.3. The van der Waals surface area contributed by atoms with Gasteiger partial charge < -0.3 is 25.2 Å². The molecule has 1 aromatic carbocycles. The monoisotopic (exact) mass is 442 g/mol. The molecule has 0 aliphatic carbocycles. The third-order valence-electron chi connectivity index (χ3n) is 5.96. The van der Waals surface area contributed by atoms with Crippen molar-refractivity contribution in [1.82, 2.24) is 9.97 Å². The van der Waals surface area contributed by atoms with E-state index in [0.29, 0.717) is 18.3 Å². The molecule has 1 saturated heterocycles. The van der Waals surface area contributed by atoms with Crippen LogP contribution < -0.4 is 15.0 Å². The van der Waals surface area contributed by atoms with Crippen molar-refractivity contribution in [3.63, 3.8) is 0 Å². The number of nitrogens with zero attached hydrogens (tertiary/aromatic N) is 3. The van der Waals surface area contributed by atoms with E-state index in [1.165, 1.54) is 0 Å². The Hall–Kier alpha value is -2.87. The van der Waals surface area contributed by atoms with Gasteiger partial charge in [0, 0.05) is 6.54 Å². The van der Waals surface area contributed by atoms with Crippen molar-refractivity contribution in [2.24, 2.45) is 0 Å². The van der Waals surface area contributed by atoms with Crippen LogP contribution in [-0.2, 0) is 4.79 Å². The maximum absolute atomic E-state index is 11.4. The number of carboxylic acid groups (broad SMARTS) is 1. The Labute approximate surface area is 189 Å². The van der Waals surface area contributed by atoms with Crippen molar-refractivity contribution in [3.8, 4) is 6.01 Å². The number of aliphatic hydroxyl groups is 1. The van der Waals surface area contributed by atoms with E-state index in [1.54, 1.807) is 12.4 Å². The third-order valence-corrected chi connectivity index (χ3v) is 5.96. The first kappa shape index (κ1) is 23.8. The number of carboxylic acids is 1. The first-order valence-electron chi connectivity index (χ1n) is 11.3. The van der Waals surface area contributed by atoms with Gasteiger partial charge in [-0.2, -0.15) is 0 Å². The number of hydrogen-bond donors (Lipinski definition) is 3. The molecule has 0 amide bonds. The Balaban J connectivity index is 1.99. The van der Waals surface area contributed by atoms with Gasteiger partial charge in [0.2, 0.25) is 0 Å². The van der Waals surface area contributed by atoms with Crippen molar-refractivity contribution < 1.29 is 19.7 Å². The van der Waals surface area contributed by atoms with Crippen LogP contribution >= 0.6 is 0 Å². The lowest BCUT2D eigenvalue weighted by Crippen LogP contribution is -2.46. The van der Waals surface area contributed by atoms with Gasteiger partial charge in [0.05, 0.1) is 54.1 Å². The standard InChI is InChI=1S/C24H34N4O4/c1-5-16(13-22(29)30)17-9-10-20(28-11-7-8-21(28)24(3,4)31)19(12-17)27-18-14-25-23(26-15-18)32-6-2/h9-10,12,14-16,21,27,31H,5-8,11,13H2,1-4H3,(H,29,30). The minimum absolute atomic E-state index is 0.00790. The molecule has 3 rings (SSSR count). The van der Waals surface area contributed by atoms with E-state index in [-0.39, 0.29) is 18.4 Å². The van der Waals surface area contributed by atoms with Crippen LogP contribution in [0, 0.1) is 0 Å². The fourth-order valence-electron chi connectivity index (χ4n) is 4.40. The molecule has 2 unspecified atom stereocenters. The number of nitrogens with one attached hydrogen (secondary N) is 1. The molecule has 3 N–H and O–H groups in total. The molecule has 2 aromatic rings. The highest BCUT2D eigenvalue weighted by molar-refractivity contribution is 5.77. The first-order chi connectivity index (χ1) is 15.2. The Morgan fingerprint density at radius 1 is 1.31 bits per heavy atom. The molecule has 8 heteroatoms. The predicted octanol–water partition coefficient (Wildman–Crippen LogP) is 4.33. The second-order valence-corrected chi connectivity index (χ2v) is 8.80. The Bertz CT molecular complexity index is 911. The predicted molar refractivity (Wildman–Crippen MR) is 125 cm³/mol. The SMILES string of the molecule is CCOc1ncc(Nc2cc(C(CC)CC(=O)O)ccc2N2CCCC2C(C)(C)O)cn1. The topological polar surface area (TPSA) is 108 Å². The van der Waals surface area contributed by atoms with Crippen molar-refractivity contribution in [3.05, 3.63) is 36.2 Å². The summed E-state index contributed by atoms with van der Waals surface area (Å²) in [5.74, 6) is -0.890. The number of ether oxygens (including phenoxy) is 1. The molecule has 1 aliphatic heterocycles. The Morgan fingerprint density at radius 3 is 2.62 bits per heavy atom. The normalized spacial score (nSPS) is 17.3. The second kappa shape index (κ2) is 10.2. The molecule has 0 bridgehead atoms. The summed E-state index contributed by atoms with van der Waals surface area (Å²) in [5.41, 5.74) is 2.64. The van der Waals surface area contributed by atoms with Gasteiger partial charge in [-0.1, -0.05) is 13.0 Å². The van der Waals surface area contributed by atoms with E-state index in [2.05, 4.69) is 20.2 Å². The van der Waals surface area contributed by atoms with Crippen molar-refractivity contribution in [1.29, 1.82) is 0 Å². The molecule has 0 saturated carbocycles. The highest BCUT2D eigenvalue weighted by Gasteiger charge is 2.37. The summed E-state index contributed by atoms with van der Waals surface area (Å²) in [6.45, 7) is 8.90. The molecule has 2 atom stereocenters. The lowest BCUT2D eigenvalue weighted by molar-refractivity contribution is -0.137.